The lowest BCUT2D eigenvalue weighted by atomic mass is 9.78. The highest BCUT2D eigenvalue weighted by atomic mass is 35.5. The van der Waals surface area contributed by atoms with E-state index in [-0.39, 0.29) is 37.2 Å². The smallest absolute Gasteiger partial charge is 0.0901 e. The van der Waals surface area contributed by atoms with Gasteiger partial charge in [-0.3, -0.25) is 0 Å². The first-order valence-corrected chi connectivity index (χ1v) is 6.23. The highest BCUT2D eigenvalue weighted by molar-refractivity contribution is 5.86. The number of likely N-dealkylation sites (N-methyl/N-ethyl adjacent to an activating group) is 3. The van der Waals surface area contributed by atoms with Gasteiger partial charge in [0.25, 0.3) is 0 Å². The molecule has 0 amide bonds. The summed E-state index contributed by atoms with van der Waals surface area (Å²) in [5.74, 6) is 0. The lowest BCUT2D eigenvalue weighted by molar-refractivity contribution is -0.160. The molecule has 9 heteroatoms. The van der Waals surface area contributed by atoms with Gasteiger partial charge in [-0.2, -0.15) is 0 Å². The van der Waals surface area contributed by atoms with Crippen molar-refractivity contribution in [1.29, 1.82) is 0 Å². The van der Waals surface area contributed by atoms with Crippen LogP contribution < -0.4 is 0 Å². The van der Waals surface area contributed by atoms with E-state index in [4.69, 9.17) is 0 Å². The summed E-state index contributed by atoms with van der Waals surface area (Å²) in [5.41, 5.74) is 0. The normalized spacial score (nSPS) is 36.0. The van der Waals surface area contributed by atoms with E-state index >= 15 is 0 Å². The van der Waals surface area contributed by atoms with Gasteiger partial charge in [-0.15, -0.1) is 37.2 Å². The van der Waals surface area contributed by atoms with Crippen molar-refractivity contribution in [3.8, 4) is 0 Å². The van der Waals surface area contributed by atoms with Gasteiger partial charge in [0.05, 0.1) is 36.4 Å². The van der Waals surface area contributed by atoms with E-state index in [0.717, 1.165) is 0 Å². The van der Waals surface area contributed by atoms with Gasteiger partial charge in [0.1, 0.15) is 0 Å². The maximum atomic E-state index is 10.4. The lowest BCUT2D eigenvalue weighted by Gasteiger charge is -2.51. The Hall–Kier alpha value is 0.630. The summed E-state index contributed by atoms with van der Waals surface area (Å²) in [4.78, 5) is 5.44. The second kappa shape index (κ2) is 10.4. The molecule has 1 aliphatic rings. The second-order valence-corrected chi connectivity index (χ2v) is 5.83. The molecule has 1 rings (SSSR count). The quantitative estimate of drug-likeness (QED) is 0.600. The average Bonchev–Trinajstić information content (AvgIpc) is 2.14. The third-order valence-corrected chi connectivity index (χ3v) is 3.89. The van der Waals surface area contributed by atoms with Crippen LogP contribution in [0, 0.1) is 0 Å². The number of hydrogen-bond donors (Lipinski definition) is 3. The third-order valence-electron chi connectivity index (χ3n) is 3.89. The van der Waals surface area contributed by atoms with Crippen LogP contribution in [0.4, 0.5) is 0 Å². The summed E-state index contributed by atoms with van der Waals surface area (Å²) < 4.78 is 0. The van der Waals surface area contributed by atoms with Crippen LogP contribution in [-0.4, -0.2) is 109 Å². The Morgan fingerprint density at radius 2 is 0.619 bits per heavy atom. The van der Waals surface area contributed by atoms with E-state index in [2.05, 4.69) is 0 Å². The minimum Gasteiger partial charge on any atom is -0.390 e. The molecule has 0 unspecified atom stereocenters. The Kier molecular flexibility index (Phi) is 13.2. The van der Waals surface area contributed by atoms with Crippen molar-refractivity contribution in [1.82, 2.24) is 14.7 Å². The van der Waals surface area contributed by atoms with Crippen LogP contribution in [0.3, 0.4) is 0 Å². The molecule has 0 aromatic rings. The van der Waals surface area contributed by atoms with Crippen LogP contribution in [0.5, 0.6) is 0 Å². The summed E-state index contributed by atoms with van der Waals surface area (Å²) in [7, 11) is 11.0. The van der Waals surface area contributed by atoms with Gasteiger partial charge in [0.2, 0.25) is 0 Å². The number of aliphatic hydroxyl groups is 3. The van der Waals surface area contributed by atoms with Crippen LogP contribution in [0.15, 0.2) is 0 Å². The van der Waals surface area contributed by atoms with E-state index in [1.807, 2.05) is 57.0 Å². The molecule has 0 saturated heterocycles. The predicted molar refractivity (Wildman–Crippen MR) is 92.2 cm³/mol. The molecule has 0 atom stereocenters. The first-order chi connectivity index (χ1) is 8.20. The van der Waals surface area contributed by atoms with Crippen molar-refractivity contribution in [2.75, 3.05) is 42.3 Å². The van der Waals surface area contributed by atoms with E-state index in [0.29, 0.717) is 0 Å². The van der Waals surface area contributed by atoms with Crippen molar-refractivity contribution in [3.63, 3.8) is 0 Å². The van der Waals surface area contributed by atoms with Gasteiger partial charge in [-0.1, -0.05) is 0 Å². The first kappa shape index (κ1) is 26.5. The molecule has 0 spiro atoms. The van der Waals surface area contributed by atoms with Crippen LogP contribution >= 0.6 is 37.2 Å². The Balaban J connectivity index is -0.00000108. The van der Waals surface area contributed by atoms with Crippen molar-refractivity contribution < 1.29 is 15.3 Å². The van der Waals surface area contributed by atoms with Gasteiger partial charge < -0.3 is 30.0 Å². The molecule has 0 aromatic carbocycles. The van der Waals surface area contributed by atoms with Crippen molar-refractivity contribution in [2.45, 2.75) is 36.4 Å². The van der Waals surface area contributed by atoms with Gasteiger partial charge in [-0.25, -0.2) is 0 Å². The van der Waals surface area contributed by atoms with Gasteiger partial charge in [-0.05, 0) is 42.3 Å². The SMILES string of the molecule is CN(C)C1C(O)C(N(C)C)C(O)C(N(C)C)C1O.Cl.Cl.Cl. The topological polar surface area (TPSA) is 70.4 Å². The standard InChI is InChI=1S/C12H27N3O3.3ClH/c1-13(2)7-10(16)8(14(3)4)12(18)9(11(7)17)15(5)6;;;/h7-12,16-18H,1-6H3;3*1H. The zero-order chi connectivity index (χ0) is 14.2. The minimum atomic E-state index is -0.795. The van der Waals surface area contributed by atoms with E-state index in [1.54, 1.807) is 0 Å². The molecule has 21 heavy (non-hydrogen) atoms. The van der Waals surface area contributed by atoms with E-state index in [1.165, 1.54) is 0 Å². The molecule has 0 aliphatic heterocycles. The third kappa shape index (κ3) is 5.34. The fourth-order valence-corrected chi connectivity index (χ4v) is 3.04. The van der Waals surface area contributed by atoms with E-state index < -0.39 is 36.4 Å². The molecule has 0 bridgehead atoms. The van der Waals surface area contributed by atoms with Gasteiger partial charge >= 0.3 is 0 Å². The number of aliphatic hydroxyl groups excluding tert-OH is 3. The van der Waals surface area contributed by atoms with Gasteiger partial charge in [0.15, 0.2) is 0 Å². The molecule has 0 heterocycles. The maximum absolute atomic E-state index is 10.4. The summed E-state index contributed by atoms with van der Waals surface area (Å²) in [6.45, 7) is 0. The Morgan fingerprint density at radius 1 is 0.476 bits per heavy atom. The van der Waals surface area contributed by atoms with Crippen LogP contribution in [0.25, 0.3) is 0 Å². The van der Waals surface area contributed by atoms with Crippen molar-refractivity contribution >= 4 is 37.2 Å². The van der Waals surface area contributed by atoms with Crippen LogP contribution in [0.2, 0.25) is 0 Å². The molecule has 132 valence electrons. The largest absolute Gasteiger partial charge is 0.390 e. The first-order valence-electron chi connectivity index (χ1n) is 6.23. The average molecular weight is 371 g/mol. The number of nitrogens with zero attached hydrogens (tertiary/aromatic N) is 3. The highest BCUT2D eigenvalue weighted by Gasteiger charge is 2.51. The number of rotatable bonds is 3. The molecule has 1 saturated carbocycles. The monoisotopic (exact) mass is 369 g/mol. The fourth-order valence-electron chi connectivity index (χ4n) is 3.04. The second-order valence-electron chi connectivity index (χ2n) is 5.83. The zero-order valence-corrected chi connectivity index (χ0v) is 15.8. The summed E-state index contributed by atoms with van der Waals surface area (Å²) in [6.07, 6.45) is -2.39. The van der Waals surface area contributed by atoms with E-state index in [9.17, 15) is 15.3 Å². The zero-order valence-electron chi connectivity index (χ0n) is 13.4. The Bertz CT molecular complexity index is 231. The number of hydrogen-bond acceptors (Lipinski definition) is 6. The molecule has 0 radical (unpaired) electrons. The van der Waals surface area contributed by atoms with Crippen molar-refractivity contribution in [3.05, 3.63) is 0 Å². The molecule has 0 aromatic heterocycles. The maximum Gasteiger partial charge on any atom is 0.0901 e. The molecular formula is C12H30Cl3N3O3. The molecule has 3 N–H and O–H groups in total. The summed E-state index contributed by atoms with van der Waals surface area (Å²) in [6, 6.07) is -1.19. The van der Waals surface area contributed by atoms with Crippen LogP contribution in [0.1, 0.15) is 0 Å². The van der Waals surface area contributed by atoms with Crippen molar-refractivity contribution in [2.24, 2.45) is 0 Å². The van der Waals surface area contributed by atoms with Crippen LogP contribution in [-0.2, 0) is 0 Å². The number of halogens is 3. The molecular weight excluding hydrogens is 341 g/mol. The minimum absolute atomic E-state index is 0. The Morgan fingerprint density at radius 3 is 0.714 bits per heavy atom. The Labute approximate surface area is 146 Å². The molecule has 1 aliphatic carbocycles. The van der Waals surface area contributed by atoms with Gasteiger partial charge in [0, 0.05) is 0 Å². The predicted octanol–water partition coefficient (Wildman–Crippen LogP) is -0.861. The molecule has 6 nitrogen and oxygen atoms in total. The summed E-state index contributed by atoms with van der Waals surface area (Å²) >= 11 is 0. The molecule has 1 fully saturated rings. The fraction of sp³-hybridized carbons (Fsp3) is 1.00. The lowest BCUT2D eigenvalue weighted by Crippen LogP contribution is -2.72. The summed E-state index contributed by atoms with van der Waals surface area (Å²) in [5, 5.41) is 31.2. The highest BCUT2D eigenvalue weighted by Crippen LogP contribution is 2.28.